The summed E-state index contributed by atoms with van der Waals surface area (Å²) in [4.78, 5) is 17.6. The predicted octanol–water partition coefficient (Wildman–Crippen LogP) is 3.21. The lowest BCUT2D eigenvalue weighted by Gasteiger charge is -2.21. The van der Waals surface area contributed by atoms with Gasteiger partial charge in [-0.25, -0.2) is 10.8 Å². The fourth-order valence-corrected chi connectivity index (χ4v) is 3.07. The van der Waals surface area contributed by atoms with Crippen LogP contribution in [0.3, 0.4) is 0 Å². The van der Waals surface area contributed by atoms with Crippen LogP contribution in [0.25, 0.3) is 0 Å². The maximum absolute atomic E-state index is 12.4. The molecule has 0 saturated heterocycles. The molecule has 0 aliphatic heterocycles. The number of anilines is 1. The van der Waals surface area contributed by atoms with Gasteiger partial charge in [0.1, 0.15) is 11.5 Å². The highest BCUT2D eigenvalue weighted by molar-refractivity contribution is 7.10. The van der Waals surface area contributed by atoms with Gasteiger partial charge in [-0.15, -0.1) is 11.3 Å². The van der Waals surface area contributed by atoms with Crippen LogP contribution >= 0.6 is 22.9 Å². The van der Waals surface area contributed by atoms with Gasteiger partial charge in [0.05, 0.1) is 11.1 Å². The number of hydrogen-bond acceptors (Lipinski definition) is 5. The largest absolute Gasteiger partial charge is 0.343 e. The predicted molar refractivity (Wildman–Crippen MR) is 86.4 cm³/mol. The quantitative estimate of drug-likeness (QED) is 0.583. The summed E-state index contributed by atoms with van der Waals surface area (Å²) in [5.74, 6) is 5.64. The maximum atomic E-state index is 12.4. The number of hydrazine groups is 1. The van der Waals surface area contributed by atoms with Crippen molar-refractivity contribution < 1.29 is 4.79 Å². The lowest BCUT2D eigenvalue weighted by molar-refractivity contribution is 0.0922. The molecule has 21 heavy (non-hydrogen) atoms. The number of aromatic nitrogens is 1. The Morgan fingerprint density at radius 1 is 1.38 bits per heavy atom. The van der Waals surface area contributed by atoms with Crippen LogP contribution in [0.2, 0.25) is 5.02 Å². The molecule has 1 atom stereocenters. The molecule has 0 bridgehead atoms. The smallest absolute Gasteiger partial charge is 0.272 e. The molecule has 2 aromatic rings. The van der Waals surface area contributed by atoms with Gasteiger partial charge < -0.3 is 10.7 Å². The zero-order valence-electron chi connectivity index (χ0n) is 11.8. The highest BCUT2D eigenvalue weighted by Crippen LogP contribution is 2.26. The fraction of sp³-hybridized carbons (Fsp3) is 0.286. The summed E-state index contributed by atoms with van der Waals surface area (Å²) in [6, 6.07) is 7.09. The Morgan fingerprint density at radius 2 is 2.14 bits per heavy atom. The second kappa shape index (κ2) is 6.89. The van der Waals surface area contributed by atoms with Crippen molar-refractivity contribution in [2.45, 2.75) is 19.9 Å². The number of carbonyl (C=O) groups excluding carboxylic acids is 1. The first-order valence-corrected chi connectivity index (χ1v) is 7.76. The third-order valence-electron chi connectivity index (χ3n) is 3.01. The minimum absolute atomic E-state index is 0.0788. The van der Waals surface area contributed by atoms with Crippen molar-refractivity contribution in [3.05, 3.63) is 45.2 Å². The number of nitrogen functional groups attached to an aromatic ring is 1. The van der Waals surface area contributed by atoms with Crippen LogP contribution in [0.1, 0.15) is 35.3 Å². The minimum Gasteiger partial charge on any atom is -0.343 e. The van der Waals surface area contributed by atoms with Gasteiger partial charge in [0.25, 0.3) is 5.91 Å². The van der Waals surface area contributed by atoms with Gasteiger partial charge >= 0.3 is 0 Å². The van der Waals surface area contributed by atoms with Crippen molar-refractivity contribution in [1.82, 2.24) is 10.3 Å². The molecule has 1 unspecified atom stereocenters. The molecule has 0 fully saturated rings. The topological polar surface area (TPSA) is 80.0 Å². The van der Waals surface area contributed by atoms with Gasteiger partial charge in [0.15, 0.2) is 0 Å². The van der Waals surface area contributed by atoms with E-state index in [1.807, 2.05) is 17.5 Å². The number of nitrogens with zero attached hydrogens (tertiary/aromatic N) is 1. The SMILES string of the molecule is CC(C)C(NC(=O)c1nc(NN)ccc1Cl)c1cccs1. The third-order valence-corrected chi connectivity index (χ3v) is 4.27. The first-order chi connectivity index (χ1) is 10.0. The zero-order valence-corrected chi connectivity index (χ0v) is 13.3. The molecule has 5 nitrogen and oxygen atoms in total. The highest BCUT2D eigenvalue weighted by Gasteiger charge is 2.22. The third kappa shape index (κ3) is 3.72. The molecular weight excluding hydrogens is 308 g/mol. The Hall–Kier alpha value is -1.63. The van der Waals surface area contributed by atoms with Crippen molar-refractivity contribution in [3.63, 3.8) is 0 Å². The van der Waals surface area contributed by atoms with E-state index in [-0.39, 0.29) is 23.6 Å². The number of pyridine rings is 1. The van der Waals surface area contributed by atoms with Gasteiger partial charge in [0, 0.05) is 4.88 Å². The Balaban J connectivity index is 2.23. The molecule has 1 amide bonds. The normalized spacial score (nSPS) is 12.2. The molecule has 0 spiro atoms. The molecule has 7 heteroatoms. The number of nitrogens with two attached hydrogens (primary N) is 1. The molecule has 112 valence electrons. The van der Waals surface area contributed by atoms with Crippen LogP contribution in [0.15, 0.2) is 29.6 Å². The number of thiophene rings is 1. The summed E-state index contributed by atoms with van der Waals surface area (Å²) in [6.07, 6.45) is 0. The summed E-state index contributed by atoms with van der Waals surface area (Å²) in [7, 11) is 0. The number of carbonyl (C=O) groups is 1. The van der Waals surface area contributed by atoms with Crippen LogP contribution in [-0.2, 0) is 0 Å². The van der Waals surface area contributed by atoms with E-state index in [1.54, 1.807) is 23.5 Å². The number of hydrogen-bond donors (Lipinski definition) is 3. The average Bonchev–Trinajstić information content (AvgIpc) is 2.98. The van der Waals surface area contributed by atoms with Crippen molar-refractivity contribution >= 4 is 34.7 Å². The molecule has 2 heterocycles. The standard InChI is InChI=1S/C14H17ClN4OS/c1-8(2)12(10-4-3-7-21-10)18-14(20)13-9(15)5-6-11(17-13)19-16/h3-8,12H,16H2,1-2H3,(H,17,19)(H,18,20). The molecule has 2 rings (SSSR count). The first kappa shape index (κ1) is 15.8. The average molecular weight is 325 g/mol. The highest BCUT2D eigenvalue weighted by atomic mass is 35.5. The lowest BCUT2D eigenvalue weighted by atomic mass is 10.0. The molecule has 0 saturated carbocycles. The Bertz CT molecular complexity index is 615. The minimum atomic E-state index is -0.316. The number of amides is 1. The van der Waals surface area contributed by atoms with Crippen LogP contribution in [0, 0.1) is 5.92 Å². The molecular formula is C14H17ClN4OS. The van der Waals surface area contributed by atoms with E-state index in [2.05, 4.69) is 29.6 Å². The molecule has 0 radical (unpaired) electrons. The van der Waals surface area contributed by atoms with Crippen molar-refractivity contribution in [3.8, 4) is 0 Å². The summed E-state index contributed by atoms with van der Waals surface area (Å²) in [5.41, 5.74) is 2.57. The summed E-state index contributed by atoms with van der Waals surface area (Å²) < 4.78 is 0. The summed E-state index contributed by atoms with van der Waals surface area (Å²) in [5, 5.41) is 5.26. The molecule has 4 N–H and O–H groups in total. The van der Waals surface area contributed by atoms with E-state index >= 15 is 0 Å². The van der Waals surface area contributed by atoms with Crippen molar-refractivity contribution in [1.29, 1.82) is 0 Å². The van der Waals surface area contributed by atoms with Gasteiger partial charge in [-0.1, -0.05) is 31.5 Å². The van der Waals surface area contributed by atoms with Gasteiger partial charge in [-0.2, -0.15) is 0 Å². The Labute approximate surface area is 132 Å². The maximum Gasteiger partial charge on any atom is 0.272 e. The monoisotopic (exact) mass is 324 g/mol. The van der Waals surface area contributed by atoms with Crippen LogP contribution < -0.4 is 16.6 Å². The van der Waals surface area contributed by atoms with Gasteiger partial charge in [-0.3, -0.25) is 4.79 Å². The van der Waals surface area contributed by atoms with Crippen LogP contribution in [0.4, 0.5) is 5.82 Å². The summed E-state index contributed by atoms with van der Waals surface area (Å²) >= 11 is 7.65. The first-order valence-electron chi connectivity index (χ1n) is 6.50. The van der Waals surface area contributed by atoms with E-state index in [0.29, 0.717) is 10.8 Å². The van der Waals surface area contributed by atoms with E-state index < -0.39 is 0 Å². The van der Waals surface area contributed by atoms with Crippen molar-refractivity contribution in [2.24, 2.45) is 11.8 Å². The fourth-order valence-electron chi connectivity index (χ4n) is 1.93. The van der Waals surface area contributed by atoms with E-state index in [0.717, 1.165) is 4.88 Å². The van der Waals surface area contributed by atoms with Gasteiger partial charge in [-0.05, 0) is 29.5 Å². The molecule has 0 aromatic carbocycles. The van der Waals surface area contributed by atoms with E-state index in [9.17, 15) is 4.79 Å². The van der Waals surface area contributed by atoms with Crippen LogP contribution in [0.5, 0.6) is 0 Å². The van der Waals surface area contributed by atoms with E-state index in [4.69, 9.17) is 17.4 Å². The number of rotatable bonds is 5. The van der Waals surface area contributed by atoms with Crippen molar-refractivity contribution in [2.75, 3.05) is 5.43 Å². The number of nitrogens with one attached hydrogen (secondary N) is 2. The summed E-state index contributed by atoms with van der Waals surface area (Å²) in [6.45, 7) is 4.11. The molecule has 0 aliphatic carbocycles. The second-order valence-corrected chi connectivity index (χ2v) is 6.27. The molecule has 0 aliphatic rings. The lowest BCUT2D eigenvalue weighted by Crippen LogP contribution is -2.32. The Morgan fingerprint density at radius 3 is 2.71 bits per heavy atom. The van der Waals surface area contributed by atoms with E-state index in [1.165, 1.54) is 0 Å². The molecule has 2 aromatic heterocycles. The zero-order chi connectivity index (χ0) is 15.4. The Kier molecular flexibility index (Phi) is 5.17. The van der Waals surface area contributed by atoms with Gasteiger partial charge in [0.2, 0.25) is 0 Å². The second-order valence-electron chi connectivity index (χ2n) is 4.88. The van der Waals surface area contributed by atoms with Crippen LogP contribution in [-0.4, -0.2) is 10.9 Å². The number of halogens is 1.